The molecule has 0 spiro atoms. The van der Waals surface area contributed by atoms with Crippen molar-refractivity contribution in [2.24, 2.45) is 7.05 Å². The van der Waals surface area contributed by atoms with Gasteiger partial charge in [-0.3, -0.25) is 4.90 Å². The number of rotatable bonds is 2. The van der Waals surface area contributed by atoms with E-state index < -0.39 is 0 Å². The van der Waals surface area contributed by atoms with E-state index in [0.717, 1.165) is 6.54 Å². The Morgan fingerprint density at radius 1 is 0.958 bits per heavy atom. The maximum Gasteiger partial charge on any atom is 0.0510 e. The fourth-order valence-corrected chi connectivity index (χ4v) is 5.05. The second-order valence-corrected chi connectivity index (χ2v) is 7.40. The molecule has 5 rings (SSSR count). The Hall–Kier alpha value is -2.06. The highest BCUT2D eigenvalue weighted by Gasteiger charge is 2.39. The zero-order chi connectivity index (χ0) is 16.1. The van der Waals surface area contributed by atoms with Crippen LogP contribution in [-0.2, 0) is 20.0 Å². The molecule has 2 aromatic carbocycles. The molecule has 1 aromatic heterocycles. The molecule has 1 fully saturated rings. The van der Waals surface area contributed by atoms with Crippen LogP contribution in [0, 0.1) is 0 Å². The predicted molar refractivity (Wildman–Crippen MR) is 99.0 cm³/mol. The molecular weight excluding hydrogens is 292 g/mol. The van der Waals surface area contributed by atoms with Crippen molar-refractivity contribution in [2.45, 2.75) is 44.3 Å². The average Bonchev–Trinajstić information content (AvgIpc) is 2.89. The van der Waals surface area contributed by atoms with Crippen molar-refractivity contribution in [2.75, 3.05) is 0 Å². The van der Waals surface area contributed by atoms with Gasteiger partial charge in [-0.25, -0.2) is 0 Å². The Balaban J connectivity index is 1.62. The zero-order valence-corrected chi connectivity index (χ0v) is 14.3. The number of aryl methyl sites for hydroxylation is 1. The summed E-state index contributed by atoms with van der Waals surface area (Å²) in [6.07, 6.45) is 5.20. The van der Waals surface area contributed by atoms with Gasteiger partial charge in [0.2, 0.25) is 0 Å². The Morgan fingerprint density at radius 3 is 2.62 bits per heavy atom. The zero-order valence-electron chi connectivity index (χ0n) is 14.3. The summed E-state index contributed by atoms with van der Waals surface area (Å²) in [7, 11) is 2.26. The Morgan fingerprint density at radius 2 is 1.75 bits per heavy atom. The molecule has 2 heteroatoms. The topological polar surface area (TPSA) is 8.17 Å². The number of hydrogen-bond donors (Lipinski definition) is 0. The number of aromatic nitrogens is 1. The molecule has 0 aliphatic carbocycles. The van der Waals surface area contributed by atoms with E-state index in [0.29, 0.717) is 12.1 Å². The fourth-order valence-electron chi connectivity index (χ4n) is 5.05. The molecule has 0 radical (unpaired) electrons. The Labute approximate surface area is 143 Å². The van der Waals surface area contributed by atoms with Crippen molar-refractivity contribution < 1.29 is 0 Å². The van der Waals surface area contributed by atoms with Crippen LogP contribution in [0.15, 0.2) is 54.6 Å². The fraction of sp³-hybridized carbons (Fsp3) is 0.364. The third kappa shape index (κ3) is 2.06. The van der Waals surface area contributed by atoms with Crippen molar-refractivity contribution in [1.29, 1.82) is 0 Å². The lowest BCUT2D eigenvalue weighted by molar-refractivity contribution is 0.0572. The first kappa shape index (κ1) is 14.3. The van der Waals surface area contributed by atoms with Gasteiger partial charge in [-0.05, 0) is 42.9 Å². The highest BCUT2D eigenvalue weighted by molar-refractivity contribution is 5.86. The molecule has 2 atom stereocenters. The van der Waals surface area contributed by atoms with Gasteiger partial charge < -0.3 is 4.57 Å². The van der Waals surface area contributed by atoms with E-state index in [2.05, 4.69) is 71.1 Å². The quantitative estimate of drug-likeness (QED) is 0.657. The van der Waals surface area contributed by atoms with Crippen molar-refractivity contribution in [3.8, 4) is 0 Å². The largest absolute Gasteiger partial charge is 0.346 e. The van der Waals surface area contributed by atoms with Gasteiger partial charge in [-0.15, -0.1) is 0 Å². The van der Waals surface area contributed by atoms with E-state index in [1.807, 2.05) is 0 Å². The number of benzene rings is 2. The summed E-state index contributed by atoms with van der Waals surface area (Å²) < 4.78 is 2.47. The van der Waals surface area contributed by atoms with Gasteiger partial charge in [-0.1, -0.05) is 48.5 Å². The molecule has 2 bridgehead atoms. The minimum atomic E-state index is 0.574. The Bertz CT molecular complexity index is 878. The smallest absolute Gasteiger partial charge is 0.0510 e. The molecular formula is C22H24N2. The lowest BCUT2D eigenvalue weighted by atomic mass is 9.82. The summed E-state index contributed by atoms with van der Waals surface area (Å²) in [5.41, 5.74) is 6.03. The maximum absolute atomic E-state index is 2.78. The standard InChI is InChI=1S/C22H24N2/c1-23-20-12-6-5-11-18(20)19-14-17-10-7-13-21(22(19)23)24(17)15-16-8-3-2-4-9-16/h2-6,8-9,11-12,17,21H,7,10,13-15H2,1H3. The van der Waals surface area contributed by atoms with Crippen LogP contribution in [0.1, 0.15) is 42.1 Å². The number of nitrogens with zero attached hydrogens (tertiary/aromatic N) is 2. The average molecular weight is 316 g/mol. The van der Waals surface area contributed by atoms with Gasteiger partial charge in [-0.2, -0.15) is 0 Å². The molecule has 2 aliphatic heterocycles. The van der Waals surface area contributed by atoms with Gasteiger partial charge >= 0.3 is 0 Å². The third-order valence-electron chi connectivity index (χ3n) is 6.11. The highest BCUT2D eigenvalue weighted by atomic mass is 15.2. The normalized spacial score (nSPS) is 23.4. The van der Waals surface area contributed by atoms with Crippen LogP contribution < -0.4 is 0 Å². The molecule has 1 saturated heterocycles. The molecule has 0 saturated carbocycles. The van der Waals surface area contributed by atoms with Gasteiger partial charge in [0.1, 0.15) is 0 Å². The summed E-state index contributed by atoms with van der Waals surface area (Å²) >= 11 is 0. The molecule has 2 aliphatic rings. The minimum absolute atomic E-state index is 0.574. The van der Waals surface area contributed by atoms with Crippen molar-refractivity contribution in [1.82, 2.24) is 9.47 Å². The summed E-state index contributed by atoms with van der Waals surface area (Å²) in [6, 6.07) is 21.2. The lowest BCUT2D eigenvalue weighted by Crippen LogP contribution is -2.46. The summed E-state index contributed by atoms with van der Waals surface area (Å²) in [5.74, 6) is 0. The second-order valence-electron chi connectivity index (χ2n) is 7.40. The predicted octanol–water partition coefficient (Wildman–Crippen LogP) is 4.83. The SMILES string of the molecule is Cn1c2c(c3ccccc31)CC1CCCC2N1Cc1ccccc1. The van der Waals surface area contributed by atoms with Crippen LogP contribution in [0.4, 0.5) is 0 Å². The Kier molecular flexibility index (Phi) is 3.27. The second kappa shape index (κ2) is 5.49. The molecule has 3 aromatic rings. The summed E-state index contributed by atoms with van der Waals surface area (Å²) in [6.45, 7) is 1.08. The number of hydrogen-bond acceptors (Lipinski definition) is 1. The molecule has 0 N–H and O–H groups in total. The maximum atomic E-state index is 2.78. The number of para-hydroxylation sites is 1. The first-order valence-electron chi connectivity index (χ1n) is 9.19. The van der Waals surface area contributed by atoms with Crippen molar-refractivity contribution in [3.63, 3.8) is 0 Å². The van der Waals surface area contributed by atoms with Gasteiger partial charge in [0.15, 0.2) is 0 Å². The van der Waals surface area contributed by atoms with E-state index in [-0.39, 0.29) is 0 Å². The first-order chi connectivity index (χ1) is 11.8. The van der Waals surface area contributed by atoms with Crippen LogP contribution in [0.3, 0.4) is 0 Å². The van der Waals surface area contributed by atoms with Crippen LogP contribution in [0.2, 0.25) is 0 Å². The minimum Gasteiger partial charge on any atom is -0.346 e. The van der Waals surface area contributed by atoms with Crippen LogP contribution in [0.5, 0.6) is 0 Å². The lowest BCUT2D eigenvalue weighted by Gasteiger charge is -2.46. The van der Waals surface area contributed by atoms with Crippen LogP contribution in [-0.4, -0.2) is 15.5 Å². The monoisotopic (exact) mass is 316 g/mol. The van der Waals surface area contributed by atoms with Gasteiger partial charge in [0.25, 0.3) is 0 Å². The molecule has 24 heavy (non-hydrogen) atoms. The van der Waals surface area contributed by atoms with E-state index in [9.17, 15) is 0 Å². The van der Waals surface area contributed by atoms with Crippen molar-refractivity contribution >= 4 is 10.9 Å². The van der Waals surface area contributed by atoms with Crippen LogP contribution in [0.25, 0.3) is 10.9 Å². The summed E-state index contributed by atoms with van der Waals surface area (Å²) in [5, 5.41) is 1.48. The van der Waals surface area contributed by atoms with Crippen molar-refractivity contribution in [3.05, 3.63) is 71.4 Å². The molecule has 3 heterocycles. The van der Waals surface area contributed by atoms with Gasteiger partial charge in [0.05, 0.1) is 6.04 Å². The van der Waals surface area contributed by atoms with E-state index >= 15 is 0 Å². The molecule has 0 amide bonds. The van der Waals surface area contributed by atoms with Gasteiger partial charge in [0, 0.05) is 36.2 Å². The van der Waals surface area contributed by atoms with Crippen LogP contribution >= 0.6 is 0 Å². The number of fused-ring (bicyclic) bond motifs is 6. The third-order valence-corrected chi connectivity index (χ3v) is 6.11. The highest BCUT2D eigenvalue weighted by Crippen LogP contribution is 2.45. The van der Waals surface area contributed by atoms with E-state index in [1.165, 1.54) is 42.1 Å². The van der Waals surface area contributed by atoms with E-state index in [4.69, 9.17) is 0 Å². The van der Waals surface area contributed by atoms with E-state index in [1.54, 1.807) is 11.3 Å². The molecule has 122 valence electrons. The summed E-state index contributed by atoms with van der Waals surface area (Å²) in [4.78, 5) is 2.78. The molecule has 2 nitrogen and oxygen atoms in total. The number of piperidine rings is 1. The first-order valence-corrected chi connectivity index (χ1v) is 9.19. The molecule has 2 unspecified atom stereocenters.